The van der Waals surface area contributed by atoms with Crippen molar-refractivity contribution in [3.8, 4) is 0 Å². The molecule has 5 rings (SSSR count). The number of nitrogens with one attached hydrogen (secondary N) is 1. The van der Waals surface area contributed by atoms with Gasteiger partial charge in [-0.05, 0) is 48.7 Å². The summed E-state index contributed by atoms with van der Waals surface area (Å²) in [6.45, 7) is 3.87. The van der Waals surface area contributed by atoms with Crippen LogP contribution in [0.4, 0.5) is 0 Å². The van der Waals surface area contributed by atoms with E-state index in [1.165, 1.54) is 23.1 Å². The number of rotatable bonds is 7. The minimum atomic E-state index is -0.283. The van der Waals surface area contributed by atoms with Crippen LogP contribution < -0.4 is 10.9 Å². The summed E-state index contributed by atoms with van der Waals surface area (Å²) < 4.78 is 1.38. The molecule has 1 amide bonds. The quantitative estimate of drug-likeness (QED) is 0.461. The van der Waals surface area contributed by atoms with Crippen molar-refractivity contribution in [2.45, 2.75) is 32.5 Å². The van der Waals surface area contributed by atoms with Gasteiger partial charge in [-0.15, -0.1) is 0 Å². The molecule has 0 bridgehead atoms. The summed E-state index contributed by atoms with van der Waals surface area (Å²) in [5.41, 5.74) is 3.35. The van der Waals surface area contributed by atoms with Crippen molar-refractivity contribution < 1.29 is 4.79 Å². The third-order valence-electron chi connectivity index (χ3n) is 6.41. The first-order valence-corrected chi connectivity index (χ1v) is 11.8. The molecule has 6 nitrogen and oxygen atoms in total. The predicted octanol–water partition coefficient (Wildman–Crippen LogP) is 3.97. The maximum Gasteiger partial charge on any atom is 0.274 e. The van der Waals surface area contributed by atoms with Crippen molar-refractivity contribution in [3.63, 3.8) is 0 Å². The number of hydrogen-bond donors (Lipinski definition) is 1. The van der Waals surface area contributed by atoms with E-state index in [0.29, 0.717) is 23.9 Å². The molecule has 34 heavy (non-hydrogen) atoms. The molecule has 0 radical (unpaired) electrons. The molecule has 1 aromatic heterocycles. The van der Waals surface area contributed by atoms with Gasteiger partial charge in [-0.3, -0.25) is 14.5 Å². The second kappa shape index (κ2) is 10.0. The number of amides is 1. The Hall–Kier alpha value is -3.77. The van der Waals surface area contributed by atoms with Crippen molar-refractivity contribution >= 4 is 16.7 Å². The zero-order valence-electron chi connectivity index (χ0n) is 19.1. The highest BCUT2D eigenvalue weighted by Gasteiger charge is 2.18. The fourth-order valence-electron chi connectivity index (χ4n) is 4.59. The van der Waals surface area contributed by atoms with Gasteiger partial charge in [-0.2, -0.15) is 5.10 Å². The highest BCUT2D eigenvalue weighted by atomic mass is 16.2. The molecule has 0 saturated carbocycles. The molecular weight excluding hydrogens is 424 g/mol. The standard InChI is InChI=1S/C28H28N4O2/c33-27(29-18-22-12-4-5-13-23(22)20-31-16-8-9-17-31)26-24-14-6-7-15-25(24)28(34)32(30-26)19-21-10-2-1-3-11-21/h1-7,10-15H,8-9,16-20H2,(H,29,33). The molecule has 2 heterocycles. The Morgan fingerprint density at radius 2 is 1.44 bits per heavy atom. The SMILES string of the molecule is O=C(NCc1ccccc1CN1CCCC1)c1nn(Cc2ccccc2)c(=O)c2ccccc12. The fourth-order valence-corrected chi connectivity index (χ4v) is 4.59. The second-order valence-electron chi connectivity index (χ2n) is 8.78. The summed E-state index contributed by atoms with van der Waals surface area (Å²) in [6, 6.07) is 25.1. The van der Waals surface area contributed by atoms with Crippen molar-refractivity contribution in [1.82, 2.24) is 20.0 Å². The third kappa shape index (κ3) is 4.77. The average Bonchev–Trinajstić information content (AvgIpc) is 3.39. The minimum Gasteiger partial charge on any atom is -0.347 e. The van der Waals surface area contributed by atoms with Crippen LogP contribution in [-0.2, 0) is 19.6 Å². The van der Waals surface area contributed by atoms with E-state index in [1.54, 1.807) is 12.1 Å². The zero-order chi connectivity index (χ0) is 23.3. The topological polar surface area (TPSA) is 67.2 Å². The highest BCUT2D eigenvalue weighted by molar-refractivity contribution is 6.04. The van der Waals surface area contributed by atoms with E-state index in [1.807, 2.05) is 54.6 Å². The highest BCUT2D eigenvalue weighted by Crippen LogP contribution is 2.17. The molecule has 0 unspecified atom stereocenters. The molecule has 4 aromatic rings. The Balaban J connectivity index is 1.41. The molecule has 1 aliphatic heterocycles. The number of carbonyl (C=O) groups is 1. The average molecular weight is 453 g/mol. The van der Waals surface area contributed by atoms with Gasteiger partial charge in [0.2, 0.25) is 0 Å². The Bertz CT molecular complexity index is 1360. The maximum absolute atomic E-state index is 13.3. The van der Waals surface area contributed by atoms with E-state index in [2.05, 4.69) is 27.4 Å². The summed E-state index contributed by atoms with van der Waals surface area (Å²) in [4.78, 5) is 28.8. The van der Waals surface area contributed by atoms with E-state index in [0.717, 1.165) is 30.8 Å². The van der Waals surface area contributed by atoms with Crippen molar-refractivity contribution in [1.29, 1.82) is 0 Å². The van der Waals surface area contributed by atoms with Gasteiger partial charge in [0.25, 0.3) is 11.5 Å². The molecule has 1 aliphatic rings. The summed E-state index contributed by atoms with van der Waals surface area (Å²) in [6.07, 6.45) is 2.49. The van der Waals surface area contributed by atoms with Gasteiger partial charge in [0.1, 0.15) is 0 Å². The summed E-state index contributed by atoms with van der Waals surface area (Å²) in [5.74, 6) is -0.283. The second-order valence-corrected chi connectivity index (χ2v) is 8.78. The van der Waals surface area contributed by atoms with Crippen LogP contribution >= 0.6 is 0 Å². The van der Waals surface area contributed by atoms with Crippen LogP contribution in [-0.4, -0.2) is 33.7 Å². The molecular formula is C28H28N4O2. The lowest BCUT2D eigenvalue weighted by Gasteiger charge is -2.18. The van der Waals surface area contributed by atoms with Crippen molar-refractivity contribution in [2.75, 3.05) is 13.1 Å². The van der Waals surface area contributed by atoms with Gasteiger partial charge >= 0.3 is 0 Å². The lowest BCUT2D eigenvalue weighted by Crippen LogP contribution is -2.31. The Morgan fingerprint density at radius 1 is 0.794 bits per heavy atom. The predicted molar refractivity (Wildman–Crippen MR) is 134 cm³/mol. The van der Waals surface area contributed by atoms with Crippen LogP contribution in [0.1, 0.15) is 40.0 Å². The number of nitrogens with zero attached hydrogens (tertiary/aromatic N) is 3. The Kier molecular flexibility index (Phi) is 6.49. The zero-order valence-corrected chi connectivity index (χ0v) is 19.1. The number of benzene rings is 3. The smallest absolute Gasteiger partial charge is 0.274 e. The van der Waals surface area contributed by atoms with E-state index < -0.39 is 0 Å². The van der Waals surface area contributed by atoms with E-state index in [-0.39, 0.29) is 17.2 Å². The van der Waals surface area contributed by atoms with Crippen LogP contribution in [0.15, 0.2) is 83.7 Å². The Morgan fingerprint density at radius 3 is 2.21 bits per heavy atom. The molecule has 0 aliphatic carbocycles. The van der Waals surface area contributed by atoms with E-state index in [4.69, 9.17) is 0 Å². The molecule has 6 heteroatoms. The van der Waals surface area contributed by atoms with Gasteiger partial charge in [0, 0.05) is 18.5 Å². The van der Waals surface area contributed by atoms with Gasteiger partial charge in [0.05, 0.1) is 11.9 Å². The lowest BCUT2D eigenvalue weighted by molar-refractivity contribution is 0.0945. The van der Waals surface area contributed by atoms with Crippen molar-refractivity contribution in [3.05, 3.63) is 112 Å². The van der Waals surface area contributed by atoms with E-state index in [9.17, 15) is 9.59 Å². The molecule has 0 atom stereocenters. The minimum absolute atomic E-state index is 0.202. The van der Waals surface area contributed by atoms with Crippen LogP contribution in [0.5, 0.6) is 0 Å². The van der Waals surface area contributed by atoms with Crippen LogP contribution in [0.3, 0.4) is 0 Å². The normalized spacial score (nSPS) is 13.9. The molecule has 1 fully saturated rings. The van der Waals surface area contributed by atoms with E-state index >= 15 is 0 Å². The number of hydrogen-bond acceptors (Lipinski definition) is 4. The number of carbonyl (C=O) groups excluding carboxylic acids is 1. The van der Waals surface area contributed by atoms with Gasteiger partial charge in [-0.1, -0.05) is 72.8 Å². The Labute approximate surface area is 198 Å². The summed E-state index contributed by atoms with van der Waals surface area (Å²) >= 11 is 0. The summed E-state index contributed by atoms with van der Waals surface area (Å²) in [5, 5.41) is 8.61. The lowest BCUT2D eigenvalue weighted by atomic mass is 10.1. The number of aromatic nitrogens is 2. The summed E-state index contributed by atoms with van der Waals surface area (Å²) in [7, 11) is 0. The first-order chi connectivity index (χ1) is 16.7. The molecule has 1 N–H and O–H groups in total. The van der Waals surface area contributed by atoms with Gasteiger partial charge in [0.15, 0.2) is 5.69 Å². The van der Waals surface area contributed by atoms with Gasteiger partial charge in [-0.25, -0.2) is 4.68 Å². The monoisotopic (exact) mass is 452 g/mol. The maximum atomic E-state index is 13.3. The first-order valence-electron chi connectivity index (χ1n) is 11.8. The molecule has 3 aromatic carbocycles. The van der Waals surface area contributed by atoms with Crippen LogP contribution in [0.2, 0.25) is 0 Å². The van der Waals surface area contributed by atoms with Crippen molar-refractivity contribution in [2.24, 2.45) is 0 Å². The first kappa shape index (κ1) is 22.0. The number of likely N-dealkylation sites (tertiary alicyclic amines) is 1. The molecule has 172 valence electrons. The van der Waals surface area contributed by atoms with Crippen LogP contribution in [0, 0.1) is 0 Å². The van der Waals surface area contributed by atoms with Gasteiger partial charge < -0.3 is 5.32 Å². The fraction of sp³-hybridized carbons (Fsp3) is 0.250. The molecule has 1 saturated heterocycles. The largest absolute Gasteiger partial charge is 0.347 e. The number of fused-ring (bicyclic) bond motifs is 1. The third-order valence-corrected chi connectivity index (χ3v) is 6.41. The molecule has 0 spiro atoms. The van der Waals surface area contributed by atoms with Crippen LogP contribution in [0.25, 0.3) is 10.8 Å².